The fourth-order valence-corrected chi connectivity index (χ4v) is 1.94. The number of carbonyl (C=O) groups excluding carboxylic acids is 2. The first kappa shape index (κ1) is 14.3. The number of hydrogen-bond acceptors (Lipinski definition) is 4. The zero-order chi connectivity index (χ0) is 13.7. The molecule has 102 valence electrons. The Balaban J connectivity index is 2.63. The van der Waals surface area contributed by atoms with E-state index in [1.807, 2.05) is 0 Å². The molecule has 1 aliphatic rings. The van der Waals surface area contributed by atoms with Gasteiger partial charge in [-0.2, -0.15) is 0 Å². The van der Waals surface area contributed by atoms with Crippen LogP contribution in [0, 0.1) is 5.92 Å². The van der Waals surface area contributed by atoms with E-state index < -0.39 is 5.92 Å². The Morgan fingerprint density at radius 3 is 2.33 bits per heavy atom. The number of nitrogens with two attached hydrogens (primary N) is 1. The first-order valence-corrected chi connectivity index (χ1v) is 5.99. The minimum atomic E-state index is -0.640. The molecular weight excluding hydrogens is 236 g/mol. The normalized spacial score (nSPS) is 19.3. The van der Waals surface area contributed by atoms with Gasteiger partial charge in [0, 0.05) is 33.1 Å². The van der Waals surface area contributed by atoms with Crippen LogP contribution in [0.5, 0.6) is 0 Å². The number of hydrogen-bond donors (Lipinski definition) is 2. The van der Waals surface area contributed by atoms with Crippen molar-refractivity contribution in [2.24, 2.45) is 16.8 Å². The van der Waals surface area contributed by atoms with Crippen molar-refractivity contribution in [1.82, 2.24) is 9.80 Å². The van der Waals surface area contributed by atoms with Crippen molar-refractivity contribution in [3.8, 4) is 0 Å². The number of oxime groups is 1. The number of nitrogens with zero attached hydrogens (tertiary/aromatic N) is 3. The van der Waals surface area contributed by atoms with E-state index >= 15 is 0 Å². The van der Waals surface area contributed by atoms with E-state index in [4.69, 9.17) is 10.9 Å². The van der Waals surface area contributed by atoms with Gasteiger partial charge >= 0.3 is 0 Å². The molecule has 0 spiro atoms. The van der Waals surface area contributed by atoms with E-state index in [-0.39, 0.29) is 17.6 Å². The van der Waals surface area contributed by atoms with Gasteiger partial charge in [-0.3, -0.25) is 9.59 Å². The zero-order valence-corrected chi connectivity index (χ0v) is 10.8. The largest absolute Gasteiger partial charge is 0.409 e. The van der Waals surface area contributed by atoms with E-state index in [0.29, 0.717) is 26.2 Å². The van der Waals surface area contributed by atoms with Crippen molar-refractivity contribution in [3.63, 3.8) is 0 Å². The number of rotatable bonds is 2. The van der Waals surface area contributed by atoms with E-state index in [0.717, 1.165) is 6.42 Å². The molecule has 2 amide bonds. The molecule has 1 aliphatic heterocycles. The highest BCUT2D eigenvalue weighted by molar-refractivity contribution is 6.01. The summed E-state index contributed by atoms with van der Waals surface area (Å²) >= 11 is 0. The van der Waals surface area contributed by atoms with Gasteiger partial charge in [-0.05, 0) is 13.3 Å². The molecular formula is C11H20N4O3. The van der Waals surface area contributed by atoms with Crippen LogP contribution in [0.4, 0.5) is 0 Å². The molecule has 1 saturated heterocycles. The summed E-state index contributed by atoms with van der Waals surface area (Å²) < 4.78 is 0. The highest BCUT2D eigenvalue weighted by atomic mass is 16.4. The van der Waals surface area contributed by atoms with Gasteiger partial charge < -0.3 is 20.7 Å². The third-order valence-electron chi connectivity index (χ3n) is 3.18. The minimum absolute atomic E-state index is 0.0220. The van der Waals surface area contributed by atoms with Crippen LogP contribution in [0.1, 0.15) is 20.3 Å². The lowest BCUT2D eigenvalue weighted by molar-refractivity contribution is -0.134. The molecule has 18 heavy (non-hydrogen) atoms. The maximum absolute atomic E-state index is 12.1. The second-order valence-corrected chi connectivity index (χ2v) is 4.43. The minimum Gasteiger partial charge on any atom is -0.409 e. The van der Waals surface area contributed by atoms with E-state index in [1.54, 1.807) is 16.7 Å². The molecule has 0 radical (unpaired) electrons. The lowest BCUT2D eigenvalue weighted by atomic mass is 10.1. The average molecular weight is 256 g/mol. The Kier molecular flexibility index (Phi) is 4.94. The molecule has 0 bridgehead atoms. The number of amides is 2. The van der Waals surface area contributed by atoms with Gasteiger partial charge in [0.05, 0.1) is 5.92 Å². The summed E-state index contributed by atoms with van der Waals surface area (Å²) in [5.74, 6) is -0.879. The highest BCUT2D eigenvalue weighted by Gasteiger charge is 2.26. The lowest BCUT2D eigenvalue weighted by Gasteiger charge is -2.23. The van der Waals surface area contributed by atoms with Gasteiger partial charge in [0.2, 0.25) is 11.8 Å². The summed E-state index contributed by atoms with van der Waals surface area (Å²) in [6.45, 7) is 5.40. The molecule has 7 heteroatoms. The molecule has 7 nitrogen and oxygen atoms in total. The smallest absolute Gasteiger partial charge is 0.233 e. The van der Waals surface area contributed by atoms with Crippen LogP contribution >= 0.6 is 0 Å². The molecule has 1 unspecified atom stereocenters. The molecule has 0 aromatic heterocycles. The third kappa shape index (κ3) is 3.35. The zero-order valence-electron chi connectivity index (χ0n) is 10.8. The van der Waals surface area contributed by atoms with Gasteiger partial charge in [0.15, 0.2) is 5.84 Å². The summed E-state index contributed by atoms with van der Waals surface area (Å²) in [7, 11) is 0. The van der Waals surface area contributed by atoms with Crippen molar-refractivity contribution in [2.75, 3.05) is 26.2 Å². The fourth-order valence-electron chi connectivity index (χ4n) is 1.94. The SMILES string of the molecule is CC(=O)N1CCCN(C(=O)C(C)C(N)=NO)CC1. The molecule has 0 aliphatic carbocycles. The quantitative estimate of drug-likeness (QED) is 0.300. The van der Waals surface area contributed by atoms with Crippen LogP contribution in [-0.4, -0.2) is 58.8 Å². The van der Waals surface area contributed by atoms with Gasteiger partial charge in [-0.15, -0.1) is 0 Å². The van der Waals surface area contributed by atoms with Crippen LogP contribution in [0.25, 0.3) is 0 Å². The topological polar surface area (TPSA) is 99.2 Å². The molecule has 3 N–H and O–H groups in total. The molecule has 1 atom stereocenters. The number of amidine groups is 1. The summed E-state index contributed by atoms with van der Waals surface area (Å²) in [6, 6.07) is 0. The predicted octanol–water partition coefficient (Wildman–Crippen LogP) is -0.550. The standard InChI is InChI=1S/C11H20N4O3/c1-8(10(12)13-18)11(17)15-5-3-4-14(6-7-15)9(2)16/h8,18H,3-7H2,1-2H3,(H2,12,13). The van der Waals surface area contributed by atoms with Gasteiger partial charge in [0.25, 0.3) is 0 Å². The lowest BCUT2D eigenvalue weighted by Crippen LogP contribution is -2.42. The average Bonchev–Trinajstić information content (AvgIpc) is 2.61. The summed E-state index contributed by atoms with van der Waals surface area (Å²) in [5.41, 5.74) is 5.43. The molecule has 0 saturated carbocycles. The summed E-state index contributed by atoms with van der Waals surface area (Å²) in [4.78, 5) is 26.7. The van der Waals surface area contributed by atoms with Crippen molar-refractivity contribution < 1.29 is 14.8 Å². The van der Waals surface area contributed by atoms with Crippen LogP contribution in [0.3, 0.4) is 0 Å². The van der Waals surface area contributed by atoms with Gasteiger partial charge in [-0.25, -0.2) is 0 Å². The Labute approximate surface area is 106 Å². The van der Waals surface area contributed by atoms with Crippen molar-refractivity contribution in [2.45, 2.75) is 20.3 Å². The van der Waals surface area contributed by atoms with Crippen LogP contribution in [0.2, 0.25) is 0 Å². The van der Waals surface area contributed by atoms with E-state index in [2.05, 4.69) is 5.16 Å². The van der Waals surface area contributed by atoms with Crippen LogP contribution in [0.15, 0.2) is 5.16 Å². The van der Waals surface area contributed by atoms with Crippen molar-refractivity contribution in [1.29, 1.82) is 0 Å². The Morgan fingerprint density at radius 1 is 1.22 bits per heavy atom. The first-order valence-electron chi connectivity index (χ1n) is 5.99. The number of carbonyl (C=O) groups is 2. The molecule has 1 heterocycles. The van der Waals surface area contributed by atoms with Crippen molar-refractivity contribution >= 4 is 17.6 Å². The Hall–Kier alpha value is -1.79. The maximum Gasteiger partial charge on any atom is 0.233 e. The molecule has 1 fully saturated rings. The molecule has 0 aromatic rings. The van der Waals surface area contributed by atoms with Gasteiger partial charge in [0.1, 0.15) is 0 Å². The monoisotopic (exact) mass is 256 g/mol. The second kappa shape index (κ2) is 6.23. The van der Waals surface area contributed by atoms with E-state index in [1.165, 1.54) is 6.92 Å². The molecule has 0 aromatic carbocycles. The Bertz CT molecular complexity index is 356. The van der Waals surface area contributed by atoms with Crippen molar-refractivity contribution in [3.05, 3.63) is 0 Å². The summed E-state index contributed by atoms with van der Waals surface area (Å²) in [6.07, 6.45) is 0.744. The summed E-state index contributed by atoms with van der Waals surface area (Å²) in [5, 5.41) is 11.4. The second-order valence-electron chi connectivity index (χ2n) is 4.43. The van der Waals surface area contributed by atoms with E-state index in [9.17, 15) is 9.59 Å². The fraction of sp³-hybridized carbons (Fsp3) is 0.727. The van der Waals surface area contributed by atoms with Crippen LogP contribution in [-0.2, 0) is 9.59 Å². The highest BCUT2D eigenvalue weighted by Crippen LogP contribution is 2.08. The van der Waals surface area contributed by atoms with Crippen LogP contribution < -0.4 is 5.73 Å². The first-order chi connectivity index (χ1) is 8.47. The Morgan fingerprint density at radius 2 is 1.78 bits per heavy atom. The predicted molar refractivity (Wildman–Crippen MR) is 66.0 cm³/mol. The molecule has 1 rings (SSSR count). The maximum atomic E-state index is 12.1. The third-order valence-corrected chi connectivity index (χ3v) is 3.18. The van der Waals surface area contributed by atoms with Gasteiger partial charge in [-0.1, -0.05) is 5.16 Å².